The molecule has 0 unspecified atom stereocenters. The Morgan fingerprint density at radius 2 is 1.97 bits per heavy atom. The predicted octanol–water partition coefficient (Wildman–Crippen LogP) is 1.61. The van der Waals surface area contributed by atoms with Crippen LogP contribution in [-0.4, -0.2) is 50.0 Å². The number of carbonyl (C=O) groups excluding carboxylic acids is 1. The molecule has 3 rings (SSSR count). The lowest BCUT2D eigenvalue weighted by atomic mass is 10.2. The third-order valence-corrected chi connectivity index (χ3v) is 3.85. The third kappa shape index (κ3) is 5.59. The molecule has 0 bridgehead atoms. The molecule has 3 aromatic rings. The van der Waals surface area contributed by atoms with Gasteiger partial charge in [0, 0.05) is 11.1 Å². The maximum Gasteiger partial charge on any atom is 0.341 e. The summed E-state index contributed by atoms with van der Waals surface area (Å²) >= 11 is 6.09. The first-order valence-corrected chi connectivity index (χ1v) is 8.69. The molecule has 0 spiro atoms. The summed E-state index contributed by atoms with van der Waals surface area (Å²) < 4.78 is 5.16. The number of amides is 1. The number of tetrazole rings is 1. The summed E-state index contributed by atoms with van der Waals surface area (Å²) in [5.74, 6) is -0.943. The van der Waals surface area contributed by atoms with E-state index in [1.807, 2.05) is 0 Å². The SMILES string of the molecule is O=C(O)COc1ccccc1/C=N/NC(=O)Cn1nnc(-c2ccccc2Cl)n1. The average Bonchev–Trinajstić information content (AvgIpc) is 3.15. The van der Waals surface area contributed by atoms with Gasteiger partial charge in [0.15, 0.2) is 6.61 Å². The summed E-state index contributed by atoms with van der Waals surface area (Å²) in [6, 6.07) is 13.7. The van der Waals surface area contributed by atoms with Gasteiger partial charge in [0.2, 0.25) is 5.82 Å². The number of rotatable bonds is 8. The highest BCUT2D eigenvalue weighted by Gasteiger charge is 2.11. The molecule has 1 amide bonds. The van der Waals surface area contributed by atoms with E-state index in [9.17, 15) is 9.59 Å². The van der Waals surface area contributed by atoms with Gasteiger partial charge >= 0.3 is 5.97 Å². The Labute approximate surface area is 169 Å². The smallest absolute Gasteiger partial charge is 0.341 e. The van der Waals surface area contributed by atoms with Gasteiger partial charge in [-0.05, 0) is 29.5 Å². The second-order valence-electron chi connectivity index (χ2n) is 5.64. The van der Waals surface area contributed by atoms with Crippen LogP contribution in [0.3, 0.4) is 0 Å². The number of halogens is 1. The number of aromatic nitrogens is 4. The van der Waals surface area contributed by atoms with Crippen molar-refractivity contribution in [3.05, 3.63) is 59.1 Å². The number of nitrogens with one attached hydrogen (secondary N) is 1. The summed E-state index contributed by atoms with van der Waals surface area (Å²) in [5, 5.41) is 24.9. The van der Waals surface area contributed by atoms with Crippen LogP contribution in [0, 0.1) is 0 Å². The molecular formula is C18H15ClN6O4. The zero-order valence-electron chi connectivity index (χ0n) is 14.9. The van der Waals surface area contributed by atoms with E-state index in [1.165, 1.54) is 6.21 Å². The van der Waals surface area contributed by atoms with Crippen molar-refractivity contribution in [2.45, 2.75) is 6.54 Å². The van der Waals surface area contributed by atoms with Crippen molar-refractivity contribution in [1.82, 2.24) is 25.6 Å². The number of carbonyl (C=O) groups is 2. The molecule has 1 heterocycles. The molecule has 0 fully saturated rings. The largest absolute Gasteiger partial charge is 0.481 e. The standard InChI is InChI=1S/C18H15ClN6O4/c19-14-7-3-2-6-13(14)18-22-24-25(23-18)10-16(26)21-20-9-12-5-1-4-8-15(12)29-11-17(27)28/h1-9H,10-11H2,(H,21,26)(H,27,28)/b20-9+. The number of carboxylic acid groups (broad SMARTS) is 1. The van der Waals surface area contributed by atoms with Gasteiger partial charge in [-0.2, -0.15) is 9.90 Å². The van der Waals surface area contributed by atoms with Crippen LogP contribution in [0.4, 0.5) is 0 Å². The Morgan fingerprint density at radius 1 is 1.21 bits per heavy atom. The van der Waals surface area contributed by atoms with Gasteiger partial charge in [-0.15, -0.1) is 10.2 Å². The number of ether oxygens (including phenoxy) is 1. The van der Waals surface area contributed by atoms with Crippen molar-refractivity contribution in [1.29, 1.82) is 0 Å². The third-order valence-electron chi connectivity index (χ3n) is 3.52. The molecule has 2 N–H and O–H groups in total. The zero-order chi connectivity index (χ0) is 20.6. The van der Waals surface area contributed by atoms with Crippen LogP contribution in [0.2, 0.25) is 5.02 Å². The predicted molar refractivity (Wildman–Crippen MR) is 104 cm³/mol. The van der Waals surface area contributed by atoms with E-state index in [-0.39, 0.29) is 6.54 Å². The van der Waals surface area contributed by atoms with Crippen molar-refractivity contribution in [3.8, 4) is 17.1 Å². The van der Waals surface area contributed by atoms with Gasteiger partial charge in [0.1, 0.15) is 12.3 Å². The van der Waals surface area contributed by atoms with E-state index in [0.717, 1.165) is 4.80 Å². The molecule has 0 atom stereocenters. The van der Waals surface area contributed by atoms with Crippen molar-refractivity contribution in [3.63, 3.8) is 0 Å². The van der Waals surface area contributed by atoms with Crippen LogP contribution in [-0.2, 0) is 16.1 Å². The highest BCUT2D eigenvalue weighted by Crippen LogP contribution is 2.23. The first-order chi connectivity index (χ1) is 14.0. The van der Waals surface area contributed by atoms with Crippen molar-refractivity contribution < 1.29 is 19.4 Å². The Bertz CT molecular complexity index is 1050. The molecule has 0 radical (unpaired) electrons. The van der Waals surface area contributed by atoms with Crippen LogP contribution in [0.15, 0.2) is 53.6 Å². The Morgan fingerprint density at radius 3 is 2.76 bits per heavy atom. The fourth-order valence-corrected chi connectivity index (χ4v) is 2.48. The monoisotopic (exact) mass is 414 g/mol. The molecule has 1 aromatic heterocycles. The fraction of sp³-hybridized carbons (Fsp3) is 0.111. The van der Waals surface area contributed by atoms with Gasteiger partial charge in [-0.25, -0.2) is 10.2 Å². The molecule has 0 aliphatic carbocycles. The quantitative estimate of drug-likeness (QED) is 0.422. The first-order valence-electron chi connectivity index (χ1n) is 8.31. The van der Waals surface area contributed by atoms with Gasteiger partial charge < -0.3 is 9.84 Å². The number of hydrogen-bond donors (Lipinski definition) is 2. The number of para-hydroxylation sites is 1. The molecule has 0 saturated heterocycles. The minimum Gasteiger partial charge on any atom is -0.481 e. The molecule has 0 saturated carbocycles. The Balaban J connectivity index is 1.58. The normalized spacial score (nSPS) is 10.8. The van der Waals surface area contributed by atoms with E-state index < -0.39 is 18.5 Å². The number of nitrogens with zero attached hydrogens (tertiary/aromatic N) is 5. The summed E-state index contributed by atoms with van der Waals surface area (Å²) in [6.07, 6.45) is 1.35. The molecule has 148 valence electrons. The summed E-state index contributed by atoms with van der Waals surface area (Å²) in [5.41, 5.74) is 3.45. The second kappa shape index (κ2) is 9.42. The lowest BCUT2D eigenvalue weighted by Crippen LogP contribution is -2.24. The number of hydrazone groups is 1. The number of aliphatic carboxylic acids is 1. The lowest BCUT2D eigenvalue weighted by molar-refractivity contribution is -0.139. The maximum absolute atomic E-state index is 12.0. The van der Waals surface area contributed by atoms with Gasteiger partial charge in [-0.3, -0.25) is 4.79 Å². The minimum absolute atomic E-state index is 0.202. The van der Waals surface area contributed by atoms with Crippen LogP contribution in [0.25, 0.3) is 11.4 Å². The van der Waals surface area contributed by atoms with Gasteiger partial charge in [0.05, 0.1) is 11.2 Å². The zero-order valence-corrected chi connectivity index (χ0v) is 15.7. The number of benzene rings is 2. The number of hydrogen-bond acceptors (Lipinski definition) is 7. The molecule has 29 heavy (non-hydrogen) atoms. The van der Waals surface area contributed by atoms with Gasteiger partial charge in [-0.1, -0.05) is 35.9 Å². The topological polar surface area (TPSA) is 132 Å². The van der Waals surface area contributed by atoms with Gasteiger partial charge in [0.25, 0.3) is 5.91 Å². The molecule has 0 aliphatic heterocycles. The highest BCUT2D eigenvalue weighted by molar-refractivity contribution is 6.33. The second-order valence-corrected chi connectivity index (χ2v) is 6.04. The lowest BCUT2D eigenvalue weighted by Gasteiger charge is -2.06. The average molecular weight is 415 g/mol. The Kier molecular flexibility index (Phi) is 6.48. The van der Waals surface area contributed by atoms with Crippen molar-refractivity contribution in [2.75, 3.05) is 6.61 Å². The minimum atomic E-state index is -1.10. The molecular weight excluding hydrogens is 400 g/mol. The fourth-order valence-electron chi connectivity index (χ4n) is 2.26. The van der Waals surface area contributed by atoms with Crippen LogP contribution in [0.1, 0.15) is 5.56 Å². The maximum atomic E-state index is 12.0. The molecule has 0 aliphatic rings. The van der Waals surface area contributed by atoms with E-state index in [1.54, 1.807) is 48.5 Å². The van der Waals surface area contributed by atoms with E-state index in [2.05, 4.69) is 25.9 Å². The highest BCUT2D eigenvalue weighted by atomic mass is 35.5. The molecule has 11 heteroatoms. The molecule has 2 aromatic carbocycles. The summed E-state index contributed by atoms with van der Waals surface area (Å²) in [6.45, 7) is -0.686. The van der Waals surface area contributed by atoms with Crippen molar-refractivity contribution >= 4 is 29.7 Å². The first kappa shape index (κ1) is 20.0. The summed E-state index contributed by atoms with van der Waals surface area (Å²) in [4.78, 5) is 23.8. The van der Waals surface area contributed by atoms with E-state index in [4.69, 9.17) is 21.4 Å². The van der Waals surface area contributed by atoms with Crippen LogP contribution >= 0.6 is 11.6 Å². The van der Waals surface area contributed by atoms with Crippen molar-refractivity contribution in [2.24, 2.45) is 5.10 Å². The van der Waals surface area contributed by atoms with E-state index >= 15 is 0 Å². The number of carboxylic acids is 1. The van der Waals surface area contributed by atoms with Crippen LogP contribution in [0.5, 0.6) is 5.75 Å². The Hall–Kier alpha value is -3.79. The molecule has 10 nitrogen and oxygen atoms in total. The van der Waals surface area contributed by atoms with Crippen LogP contribution < -0.4 is 10.2 Å². The van der Waals surface area contributed by atoms with E-state index in [0.29, 0.717) is 27.7 Å². The summed E-state index contributed by atoms with van der Waals surface area (Å²) in [7, 11) is 0.